The van der Waals surface area contributed by atoms with E-state index in [-0.39, 0.29) is 10.8 Å². The van der Waals surface area contributed by atoms with E-state index in [2.05, 4.69) is 21.9 Å². The monoisotopic (exact) mass is 425 g/mol. The van der Waals surface area contributed by atoms with Crippen LogP contribution in [0.1, 0.15) is 30.1 Å². The van der Waals surface area contributed by atoms with E-state index in [0.29, 0.717) is 29.4 Å². The van der Waals surface area contributed by atoms with Gasteiger partial charge in [-0.1, -0.05) is 31.5 Å². The molecule has 0 aliphatic heterocycles. The van der Waals surface area contributed by atoms with Gasteiger partial charge in [-0.15, -0.1) is 0 Å². The van der Waals surface area contributed by atoms with Crippen molar-refractivity contribution in [1.29, 1.82) is 0 Å². The normalized spacial score (nSPS) is 11.0. The molecule has 3 aromatic rings. The van der Waals surface area contributed by atoms with Crippen molar-refractivity contribution in [1.82, 2.24) is 10.3 Å². The van der Waals surface area contributed by atoms with E-state index in [0.717, 1.165) is 12.8 Å². The van der Waals surface area contributed by atoms with Crippen molar-refractivity contribution in [3.63, 3.8) is 0 Å². The number of ether oxygens (including phenoxy) is 1. The summed E-state index contributed by atoms with van der Waals surface area (Å²) in [4.78, 5) is 16.3. The first kappa shape index (κ1) is 21.3. The highest BCUT2D eigenvalue weighted by molar-refractivity contribution is 7.92. The molecule has 7 nitrogen and oxygen atoms in total. The van der Waals surface area contributed by atoms with E-state index in [1.165, 1.54) is 18.3 Å². The van der Waals surface area contributed by atoms with Gasteiger partial charge in [0.1, 0.15) is 5.75 Å². The highest BCUT2D eigenvalue weighted by atomic mass is 32.2. The molecular formula is C22H23N3O4S. The zero-order valence-electron chi connectivity index (χ0n) is 16.5. The molecular weight excluding hydrogens is 402 g/mol. The minimum absolute atomic E-state index is 0.122. The molecule has 0 saturated heterocycles. The number of nitrogens with one attached hydrogen (secondary N) is 2. The first-order chi connectivity index (χ1) is 14.5. The smallest absolute Gasteiger partial charge is 0.261 e. The highest BCUT2D eigenvalue weighted by Gasteiger charge is 2.13. The molecule has 0 bridgehead atoms. The number of benzene rings is 2. The molecule has 0 atom stereocenters. The van der Waals surface area contributed by atoms with E-state index in [1.807, 2.05) is 0 Å². The second-order valence-corrected chi connectivity index (χ2v) is 8.22. The quantitative estimate of drug-likeness (QED) is 0.501. The van der Waals surface area contributed by atoms with Crippen LogP contribution < -0.4 is 14.8 Å². The molecule has 2 N–H and O–H groups in total. The summed E-state index contributed by atoms with van der Waals surface area (Å²) in [6.45, 7) is 2.72. The molecule has 8 heteroatoms. The van der Waals surface area contributed by atoms with Crippen LogP contribution in [0, 0.1) is 0 Å². The first-order valence-corrected chi connectivity index (χ1v) is 11.1. The van der Waals surface area contributed by atoms with Crippen molar-refractivity contribution >= 4 is 21.6 Å². The Labute approximate surface area is 176 Å². The number of sulfonamides is 1. The Kier molecular flexibility index (Phi) is 7.03. The van der Waals surface area contributed by atoms with Gasteiger partial charge in [-0.2, -0.15) is 0 Å². The number of unbranched alkanes of at least 4 members (excludes halogenated alkanes) is 1. The van der Waals surface area contributed by atoms with Gasteiger partial charge in [0.15, 0.2) is 0 Å². The molecule has 0 unspecified atom stereocenters. The fourth-order valence-corrected chi connectivity index (χ4v) is 3.65. The zero-order chi connectivity index (χ0) is 21.4. The average Bonchev–Trinajstić information content (AvgIpc) is 2.76. The topological polar surface area (TPSA) is 97.4 Å². The van der Waals surface area contributed by atoms with Gasteiger partial charge in [-0.05, 0) is 48.9 Å². The molecule has 0 aliphatic rings. The molecule has 0 radical (unpaired) electrons. The fraction of sp³-hybridized carbons (Fsp3) is 0.182. The third kappa shape index (κ3) is 5.81. The summed E-state index contributed by atoms with van der Waals surface area (Å²) in [6.07, 6.45) is 3.34. The van der Waals surface area contributed by atoms with Gasteiger partial charge < -0.3 is 10.1 Å². The molecule has 1 aromatic heterocycles. The van der Waals surface area contributed by atoms with Crippen LogP contribution in [-0.4, -0.2) is 25.9 Å². The number of pyridine rings is 1. The predicted molar refractivity (Wildman–Crippen MR) is 115 cm³/mol. The summed E-state index contributed by atoms with van der Waals surface area (Å²) in [5.41, 5.74) is 0.877. The second-order valence-electron chi connectivity index (χ2n) is 6.54. The lowest BCUT2D eigenvalue weighted by molar-refractivity contribution is 0.0953. The number of nitrogens with zero attached hydrogens (tertiary/aromatic N) is 1. The van der Waals surface area contributed by atoms with Crippen LogP contribution in [0.3, 0.4) is 0 Å². The van der Waals surface area contributed by atoms with Gasteiger partial charge in [0.25, 0.3) is 15.9 Å². The Hall–Kier alpha value is -3.39. The SMILES string of the molecule is CCCCNC(=O)c1ccc(Oc2ccc(NS(=O)(=O)c3ccccc3)cn2)cc1. The van der Waals surface area contributed by atoms with Gasteiger partial charge in [0.2, 0.25) is 5.88 Å². The molecule has 156 valence electrons. The molecule has 0 spiro atoms. The lowest BCUT2D eigenvalue weighted by atomic mass is 10.2. The number of anilines is 1. The molecule has 1 amide bonds. The molecule has 2 aromatic carbocycles. The number of carbonyl (C=O) groups is 1. The lowest BCUT2D eigenvalue weighted by Gasteiger charge is -2.09. The number of aromatic nitrogens is 1. The average molecular weight is 426 g/mol. The van der Waals surface area contributed by atoms with E-state index in [4.69, 9.17) is 4.74 Å². The molecule has 0 fully saturated rings. The predicted octanol–water partition coefficient (Wildman–Crippen LogP) is 4.20. The maximum atomic E-state index is 12.3. The van der Waals surface area contributed by atoms with Gasteiger partial charge in [-0.3, -0.25) is 9.52 Å². The third-order valence-corrected chi connectivity index (χ3v) is 5.59. The van der Waals surface area contributed by atoms with Crippen molar-refractivity contribution < 1.29 is 17.9 Å². The Morgan fingerprint density at radius 2 is 1.73 bits per heavy atom. The highest BCUT2D eigenvalue weighted by Crippen LogP contribution is 2.22. The number of hydrogen-bond acceptors (Lipinski definition) is 5. The van der Waals surface area contributed by atoms with Crippen LogP contribution in [0.2, 0.25) is 0 Å². The Morgan fingerprint density at radius 3 is 2.37 bits per heavy atom. The molecule has 3 rings (SSSR count). The minimum Gasteiger partial charge on any atom is -0.439 e. The van der Waals surface area contributed by atoms with Gasteiger partial charge in [0.05, 0.1) is 16.8 Å². The van der Waals surface area contributed by atoms with Crippen molar-refractivity contribution in [2.75, 3.05) is 11.3 Å². The summed E-state index contributed by atoms with van der Waals surface area (Å²) in [7, 11) is -3.68. The van der Waals surface area contributed by atoms with Crippen molar-refractivity contribution in [3.8, 4) is 11.6 Å². The Balaban J connectivity index is 1.60. The van der Waals surface area contributed by atoms with Crippen LogP contribution in [0.5, 0.6) is 11.6 Å². The van der Waals surface area contributed by atoms with Crippen molar-refractivity contribution in [2.45, 2.75) is 24.7 Å². The zero-order valence-corrected chi connectivity index (χ0v) is 17.4. The number of rotatable bonds is 9. The van der Waals surface area contributed by atoms with Crippen molar-refractivity contribution in [2.24, 2.45) is 0 Å². The minimum atomic E-state index is -3.68. The summed E-state index contributed by atoms with van der Waals surface area (Å²) in [5, 5.41) is 2.86. The summed E-state index contributed by atoms with van der Waals surface area (Å²) in [6, 6.07) is 17.9. The van der Waals surface area contributed by atoms with Crippen LogP contribution in [0.4, 0.5) is 5.69 Å². The summed E-state index contributed by atoms with van der Waals surface area (Å²) in [5.74, 6) is 0.700. The van der Waals surface area contributed by atoms with Crippen LogP contribution in [-0.2, 0) is 10.0 Å². The van der Waals surface area contributed by atoms with Gasteiger partial charge >= 0.3 is 0 Å². The molecule has 0 saturated carbocycles. The lowest BCUT2D eigenvalue weighted by Crippen LogP contribution is -2.24. The standard InChI is InChI=1S/C22H23N3O4S/c1-2-3-15-23-22(26)17-9-12-19(13-10-17)29-21-14-11-18(16-24-21)25-30(27,28)20-7-5-4-6-8-20/h4-14,16,25H,2-3,15H2,1H3,(H,23,26). The number of carbonyl (C=O) groups excluding carboxylic acids is 1. The first-order valence-electron chi connectivity index (χ1n) is 9.58. The van der Waals surface area contributed by atoms with Crippen LogP contribution >= 0.6 is 0 Å². The van der Waals surface area contributed by atoms with Gasteiger partial charge in [0, 0.05) is 18.2 Å². The Bertz CT molecular complexity index is 1070. The van der Waals surface area contributed by atoms with E-state index in [9.17, 15) is 13.2 Å². The number of amides is 1. The number of hydrogen-bond donors (Lipinski definition) is 2. The van der Waals surface area contributed by atoms with Crippen LogP contribution in [0.15, 0.2) is 77.8 Å². The largest absolute Gasteiger partial charge is 0.439 e. The van der Waals surface area contributed by atoms with Crippen molar-refractivity contribution in [3.05, 3.63) is 78.5 Å². The second kappa shape index (κ2) is 9.89. The Morgan fingerprint density at radius 1 is 1.00 bits per heavy atom. The van der Waals surface area contributed by atoms with E-state index >= 15 is 0 Å². The maximum Gasteiger partial charge on any atom is 0.261 e. The van der Waals surface area contributed by atoms with Gasteiger partial charge in [-0.25, -0.2) is 13.4 Å². The summed E-state index contributed by atoms with van der Waals surface area (Å²) >= 11 is 0. The maximum absolute atomic E-state index is 12.3. The fourth-order valence-electron chi connectivity index (χ4n) is 2.59. The third-order valence-electron chi connectivity index (χ3n) is 4.20. The summed E-state index contributed by atoms with van der Waals surface area (Å²) < 4.78 is 32.8. The van der Waals surface area contributed by atoms with Crippen LogP contribution in [0.25, 0.3) is 0 Å². The molecule has 1 heterocycles. The van der Waals surface area contributed by atoms with E-state index < -0.39 is 10.0 Å². The molecule has 0 aliphatic carbocycles. The van der Waals surface area contributed by atoms with E-state index in [1.54, 1.807) is 54.6 Å². The molecule has 30 heavy (non-hydrogen) atoms.